The highest BCUT2D eigenvalue weighted by atomic mass is 32.1. The molecule has 81 heavy (non-hydrogen) atoms. The van der Waals surface area contributed by atoms with Crippen LogP contribution in [-0.2, 0) is 19.1 Å². The summed E-state index contributed by atoms with van der Waals surface area (Å²) in [5.74, 6) is 1.18. The minimum Gasteiger partial charge on any atom is -0.507 e. The van der Waals surface area contributed by atoms with Crippen LogP contribution in [0.4, 0.5) is 17.3 Å². The number of piperazine rings is 1. The number of nitrogens with two attached hydrogens (primary N) is 1. The second-order valence-electron chi connectivity index (χ2n) is 24.6. The Balaban J connectivity index is 0.554. The van der Waals surface area contributed by atoms with E-state index in [1.807, 2.05) is 81.7 Å². The van der Waals surface area contributed by atoms with E-state index in [0.717, 1.165) is 157 Å². The molecule has 0 spiro atoms. The molecule has 7 atom stereocenters. The van der Waals surface area contributed by atoms with Crippen molar-refractivity contribution < 1.29 is 33.8 Å². The monoisotopic (exact) mass is 1130 g/mol. The highest BCUT2D eigenvalue weighted by Gasteiger charge is 2.46. The van der Waals surface area contributed by atoms with Gasteiger partial charge in [-0.25, -0.2) is 4.98 Å². The van der Waals surface area contributed by atoms with E-state index < -0.39 is 18.1 Å². The van der Waals surface area contributed by atoms with Crippen molar-refractivity contribution in [2.24, 2.45) is 11.8 Å². The van der Waals surface area contributed by atoms with Gasteiger partial charge in [0.05, 0.1) is 64.5 Å². The minimum atomic E-state index is -0.797. The van der Waals surface area contributed by atoms with Gasteiger partial charge in [-0.3, -0.25) is 19.4 Å². The van der Waals surface area contributed by atoms with Crippen molar-refractivity contribution in [3.63, 3.8) is 0 Å². The summed E-state index contributed by atoms with van der Waals surface area (Å²) in [5.41, 5.74) is 13.5. The third-order valence-corrected chi connectivity index (χ3v) is 19.9. The summed E-state index contributed by atoms with van der Waals surface area (Å²) in [6, 6.07) is 19.6. The number of benzene rings is 2. The molecule has 434 valence electrons. The molecule has 2 amide bonds. The fourth-order valence-electron chi connectivity index (χ4n) is 14.2. The molecule has 1 aliphatic carbocycles. The van der Waals surface area contributed by atoms with Crippen molar-refractivity contribution in [1.29, 1.82) is 0 Å². The molecule has 2 bridgehead atoms. The van der Waals surface area contributed by atoms with Crippen LogP contribution < -0.4 is 20.9 Å². The number of aryl methyl sites for hydroxylation is 1. The summed E-state index contributed by atoms with van der Waals surface area (Å²) in [7, 11) is 0. The molecule has 6 aliphatic heterocycles. The van der Waals surface area contributed by atoms with E-state index in [-0.39, 0.29) is 48.6 Å². The Labute approximate surface area is 480 Å². The van der Waals surface area contributed by atoms with Gasteiger partial charge in [0, 0.05) is 108 Å². The van der Waals surface area contributed by atoms with E-state index in [4.69, 9.17) is 19.7 Å². The number of nitrogen functional groups attached to an aromatic ring is 1. The van der Waals surface area contributed by atoms with Crippen LogP contribution in [0.25, 0.3) is 21.7 Å². The number of fused-ring (bicyclic) bond motifs is 2. The number of aromatic nitrogens is 4. The smallest absolute Gasteiger partial charge is 0.243 e. The molecule has 0 radical (unpaired) electrons. The van der Waals surface area contributed by atoms with E-state index in [0.29, 0.717) is 59.1 Å². The lowest BCUT2D eigenvalue weighted by atomic mass is 9.86. The van der Waals surface area contributed by atoms with Crippen molar-refractivity contribution >= 4 is 40.5 Å². The van der Waals surface area contributed by atoms with Crippen LogP contribution >= 0.6 is 11.3 Å². The number of aliphatic hydroxyl groups excluding tert-OH is 1. The number of aromatic hydroxyl groups is 1. The Morgan fingerprint density at radius 2 is 1.59 bits per heavy atom. The van der Waals surface area contributed by atoms with Crippen molar-refractivity contribution in [1.82, 2.24) is 45.3 Å². The molecule has 5 N–H and O–H groups in total. The Morgan fingerprint density at radius 1 is 0.840 bits per heavy atom. The number of morpholine rings is 1. The number of piperidine rings is 2. The summed E-state index contributed by atoms with van der Waals surface area (Å²) in [6.45, 7) is 18.4. The number of carbonyl (C=O) groups is 2. The number of ether oxygens (including phenoxy) is 2. The van der Waals surface area contributed by atoms with E-state index in [2.05, 4.69) is 50.2 Å². The van der Waals surface area contributed by atoms with Gasteiger partial charge in [-0.05, 0) is 106 Å². The number of hydrogen-bond donors (Lipinski definition) is 4. The Hall–Kier alpha value is -5.74. The molecule has 5 aromatic rings. The quantitative estimate of drug-likeness (QED) is 0.0761. The highest BCUT2D eigenvalue weighted by Crippen LogP contribution is 2.40. The molecule has 19 nitrogen and oxygen atoms in total. The average Bonchev–Trinajstić information content (AvgIpc) is 4.46. The van der Waals surface area contributed by atoms with Gasteiger partial charge in [0.1, 0.15) is 17.7 Å². The van der Waals surface area contributed by atoms with Crippen LogP contribution in [0.15, 0.2) is 70.7 Å². The molecular weight excluding hydrogens is 1040 g/mol. The molecule has 20 heteroatoms. The minimum absolute atomic E-state index is 0.0908. The van der Waals surface area contributed by atoms with Gasteiger partial charge in [-0.2, -0.15) is 0 Å². The number of anilines is 3. The first-order chi connectivity index (χ1) is 39.3. The van der Waals surface area contributed by atoms with Crippen LogP contribution in [-0.4, -0.2) is 189 Å². The zero-order chi connectivity index (χ0) is 55.9. The summed E-state index contributed by atoms with van der Waals surface area (Å²) in [4.78, 5) is 48.0. The average molecular weight is 1130 g/mol. The SMILES string of the molecule is Cc1ncsc1-c1ccc([C@H](C)NC(=O)[C@@H]2C[C@@H](O)CN2C(=O)[C@@H](c2cc(N3CCC(CN4CCC(OC5CC(N6CCO[C@H](CN7C8CCC7CN(c7cc(-c9ccccc9O)nnc7N)C8)C6)C5)CC4)CC3)no2)C(C)C)cc1. The second-order valence-corrected chi connectivity index (χ2v) is 25.5. The number of aliphatic hydroxyl groups is 1. The Kier molecular flexibility index (Phi) is 16.7. The van der Waals surface area contributed by atoms with E-state index in [1.54, 1.807) is 28.4 Å². The van der Waals surface area contributed by atoms with E-state index >= 15 is 0 Å². The molecule has 12 rings (SSSR count). The number of nitrogens with one attached hydrogen (secondary N) is 1. The molecule has 7 fully saturated rings. The first-order valence-corrected chi connectivity index (χ1v) is 30.8. The molecule has 2 aromatic carbocycles. The van der Waals surface area contributed by atoms with Crippen molar-refractivity contribution in [2.45, 2.75) is 146 Å². The molecule has 3 aromatic heterocycles. The summed E-state index contributed by atoms with van der Waals surface area (Å²) in [5, 5.41) is 37.5. The maximum atomic E-state index is 14.4. The molecule has 2 unspecified atom stereocenters. The van der Waals surface area contributed by atoms with Crippen LogP contribution in [0.1, 0.15) is 108 Å². The number of carbonyl (C=O) groups excluding carboxylic acids is 2. The van der Waals surface area contributed by atoms with Crippen LogP contribution in [0, 0.1) is 18.8 Å². The van der Waals surface area contributed by atoms with Gasteiger partial charge in [0.25, 0.3) is 0 Å². The lowest BCUT2D eigenvalue weighted by Crippen LogP contribution is -2.60. The summed E-state index contributed by atoms with van der Waals surface area (Å²) in [6.07, 6.45) is 9.07. The summed E-state index contributed by atoms with van der Waals surface area (Å²) < 4.78 is 19.2. The first-order valence-electron chi connectivity index (χ1n) is 29.9. The highest BCUT2D eigenvalue weighted by molar-refractivity contribution is 7.13. The second kappa shape index (κ2) is 24.2. The maximum Gasteiger partial charge on any atom is 0.243 e. The number of likely N-dealkylation sites (tertiary alicyclic amines) is 2. The Morgan fingerprint density at radius 3 is 2.31 bits per heavy atom. The van der Waals surface area contributed by atoms with Crippen molar-refractivity contribution in [2.75, 3.05) is 94.1 Å². The lowest BCUT2D eigenvalue weighted by molar-refractivity contribution is -0.141. The number of amides is 2. The van der Waals surface area contributed by atoms with Crippen molar-refractivity contribution in [3.8, 4) is 27.4 Å². The lowest BCUT2D eigenvalue weighted by Gasteiger charge is -2.48. The third-order valence-electron chi connectivity index (χ3n) is 18.9. The van der Waals surface area contributed by atoms with Crippen LogP contribution in [0.3, 0.4) is 0 Å². The zero-order valence-corrected chi connectivity index (χ0v) is 48.3. The topological polar surface area (TPSA) is 215 Å². The van der Waals surface area contributed by atoms with Crippen LogP contribution in [0.2, 0.25) is 0 Å². The number of phenolic OH excluding ortho intramolecular Hbond substituents is 1. The van der Waals surface area contributed by atoms with Gasteiger partial charge in [-0.15, -0.1) is 21.5 Å². The number of β-amino-alcohol motifs (C(OH)–C–C–N with tert-alkyl or cyclic N) is 1. The zero-order valence-electron chi connectivity index (χ0n) is 47.5. The van der Waals surface area contributed by atoms with Crippen molar-refractivity contribution in [3.05, 3.63) is 83.2 Å². The predicted molar refractivity (Wildman–Crippen MR) is 312 cm³/mol. The number of phenols is 1. The third kappa shape index (κ3) is 12.2. The summed E-state index contributed by atoms with van der Waals surface area (Å²) >= 11 is 1.60. The van der Waals surface area contributed by atoms with E-state index in [9.17, 15) is 19.8 Å². The number of thiazole rings is 1. The van der Waals surface area contributed by atoms with Gasteiger partial charge in [-0.1, -0.05) is 55.4 Å². The fraction of sp³-hybridized carbons (Fsp3) is 0.607. The molecule has 7 aliphatic rings. The van der Waals surface area contributed by atoms with Crippen LogP contribution in [0.5, 0.6) is 5.75 Å². The van der Waals surface area contributed by atoms with Gasteiger partial charge >= 0.3 is 0 Å². The molecular formula is C61H82N12O7S. The first kappa shape index (κ1) is 55.8. The fourth-order valence-corrected chi connectivity index (χ4v) is 15.0. The molecule has 1 saturated carbocycles. The largest absolute Gasteiger partial charge is 0.507 e. The number of para-hydroxylation sites is 1. The Bertz CT molecular complexity index is 2940. The number of nitrogens with zero attached hydrogens (tertiary/aromatic N) is 10. The standard InChI is InChI=1S/C61H82N12O7S/c1-37(2)57(61(77)73-33-46(74)27-53(73)60(76)64-38(3)41-9-11-42(12-10-41)58-39(4)63-36-81-58)55-29-56(67-80-55)69-21-15-40(16-22-69)30-68-19-17-47(18-20-68)79-48-25-45(26-48)70-23-24-78-49(34-70)35-72-43-13-14-44(72)32-71(31-43)52-28-51(65-66-59(52)62)50-7-5-6-8-54(50)75/h5-12,28-29,36-38,40,43-49,53,57,74-75H,13-27,30-35H2,1-4H3,(H2,62,66)(H,64,76)/t38-,43?,44?,45?,46+,48?,49-,53-,57+/m0/s1. The maximum absolute atomic E-state index is 14.4. The van der Waals surface area contributed by atoms with Gasteiger partial charge < -0.3 is 54.9 Å². The predicted octanol–water partition coefficient (Wildman–Crippen LogP) is 6.71. The number of rotatable bonds is 17. The molecule has 6 saturated heterocycles. The van der Waals surface area contributed by atoms with E-state index in [1.165, 1.54) is 0 Å². The number of hydrogen-bond acceptors (Lipinski definition) is 18. The normalized spacial score (nSPS) is 27.0. The van der Waals surface area contributed by atoms with Gasteiger partial charge in [0.15, 0.2) is 17.4 Å². The van der Waals surface area contributed by atoms with Gasteiger partial charge in [0.2, 0.25) is 11.8 Å². The molecule has 9 heterocycles.